The van der Waals surface area contributed by atoms with Crippen molar-refractivity contribution in [1.82, 2.24) is 10.2 Å². The molecule has 0 unspecified atom stereocenters. The first-order valence-electron chi connectivity index (χ1n) is 9.20. The minimum atomic E-state index is -4.70. The monoisotopic (exact) mass is 392 g/mol. The van der Waals surface area contributed by atoms with Crippen molar-refractivity contribution in [3.8, 4) is 0 Å². The number of fused-ring (bicyclic) bond motifs is 1. The molecule has 2 saturated heterocycles. The Kier molecular flexibility index (Phi) is 4.65. The molecule has 2 aromatic carbocycles. The standard InChI is InChI=1S/C21H20F4N2O/c22-18-7-16(6-17(8-18)21(23,24)25)19(28)26-13-20-9-15(10-20)12-27(20)11-14-4-2-1-3-5-14/h1-8,15H,9-13H2,(H,26,28). The molecule has 0 spiro atoms. The molecule has 5 rings (SSSR count). The molecule has 1 amide bonds. The van der Waals surface area contributed by atoms with Crippen LogP contribution in [-0.4, -0.2) is 29.4 Å². The summed E-state index contributed by atoms with van der Waals surface area (Å²) < 4.78 is 52.1. The van der Waals surface area contributed by atoms with E-state index in [0.717, 1.165) is 32.0 Å². The quantitative estimate of drug-likeness (QED) is 0.772. The topological polar surface area (TPSA) is 32.3 Å². The van der Waals surface area contributed by atoms with E-state index in [1.807, 2.05) is 30.3 Å². The van der Waals surface area contributed by atoms with Gasteiger partial charge in [-0.05, 0) is 42.5 Å². The third-order valence-electron chi connectivity index (χ3n) is 5.77. The van der Waals surface area contributed by atoms with Crippen LogP contribution in [0.1, 0.15) is 34.3 Å². The Hall–Kier alpha value is -2.41. The summed E-state index contributed by atoms with van der Waals surface area (Å²) in [5.41, 5.74) is -0.463. The second-order valence-electron chi connectivity index (χ2n) is 7.77. The number of amides is 1. The van der Waals surface area contributed by atoms with Gasteiger partial charge in [0.25, 0.3) is 5.91 Å². The van der Waals surface area contributed by atoms with E-state index < -0.39 is 23.5 Å². The Morgan fingerprint density at radius 2 is 1.86 bits per heavy atom. The van der Waals surface area contributed by atoms with Gasteiger partial charge in [0.1, 0.15) is 5.82 Å². The van der Waals surface area contributed by atoms with Gasteiger partial charge in [-0.1, -0.05) is 30.3 Å². The van der Waals surface area contributed by atoms with Crippen molar-refractivity contribution in [3.05, 3.63) is 71.0 Å². The molecule has 28 heavy (non-hydrogen) atoms. The molecular formula is C21H20F4N2O. The number of hydrogen-bond donors (Lipinski definition) is 1. The summed E-state index contributed by atoms with van der Waals surface area (Å²) in [4.78, 5) is 14.7. The van der Waals surface area contributed by atoms with Gasteiger partial charge in [0.15, 0.2) is 0 Å². The maximum Gasteiger partial charge on any atom is 0.416 e. The summed E-state index contributed by atoms with van der Waals surface area (Å²) in [5, 5.41) is 2.73. The van der Waals surface area contributed by atoms with Crippen LogP contribution < -0.4 is 5.32 Å². The van der Waals surface area contributed by atoms with Gasteiger partial charge < -0.3 is 5.32 Å². The fourth-order valence-corrected chi connectivity index (χ4v) is 4.43. The molecule has 3 fully saturated rings. The van der Waals surface area contributed by atoms with Crippen LogP contribution in [0.5, 0.6) is 0 Å². The molecular weight excluding hydrogens is 372 g/mol. The van der Waals surface area contributed by atoms with Gasteiger partial charge in [-0.15, -0.1) is 0 Å². The maximum absolute atomic E-state index is 13.6. The van der Waals surface area contributed by atoms with Crippen molar-refractivity contribution < 1.29 is 22.4 Å². The molecule has 2 aliphatic heterocycles. The minimum absolute atomic E-state index is 0.170. The molecule has 2 heterocycles. The highest BCUT2D eigenvalue weighted by Gasteiger charge is 2.55. The number of hydrogen-bond acceptors (Lipinski definition) is 2. The lowest BCUT2D eigenvalue weighted by atomic mass is 9.73. The second kappa shape index (κ2) is 6.88. The van der Waals surface area contributed by atoms with Gasteiger partial charge in [0.2, 0.25) is 0 Å². The lowest BCUT2D eigenvalue weighted by molar-refractivity contribution is -0.137. The number of carbonyl (C=O) groups excluding carboxylic acids is 1. The van der Waals surface area contributed by atoms with E-state index >= 15 is 0 Å². The molecule has 0 aromatic heterocycles. The van der Waals surface area contributed by atoms with Gasteiger partial charge in [-0.2, -0.15) is 13.2 Å². The molecule has 3 aliphatic rings. The Bertz CT molecular complexity index is 876. The van der Waals surface area contributed by atoms with Gasteiger partial charge in [0, 0.05) is 30.7 Å². The van der Waals surface area contributed by atoms with Crippen molar-refractivity contribution in [2.45, 2.75) is 31.1 Å². The number of halogens is 4. The zero-order chi connectivity index (χ0) is 19.9. The van der Waals surface area contributed by atoms with Crippen LogP contribution >= 0.6 is 0 Å². The average molecular weight is 392 g/mol. The first-order valence-corrected chi connectivity index (χ1v) is 9.20. The predicted octanol–water partition coefficient (Wildman–Crippen LogP) is 4.24. The van der Waals surface area contributed by atoms with Crippen molar-refractivity contribution in [1.29, 1.82) is 0 Å². The van der Waals surface area contributed by atoms with Gasteiger partial charge >= 0.3 is 6.18 Å². The summed E-state index contributed by atoms with van der Waals surface area (Å²) in [5.74, 6) is -1.17. The molecule has 2 bridgehead atoms. The summed E-state index contributed by atoms with van der Waals surface area (Å²) in [6.45, 7) is 2.06. The Morgan fingerprint density at radius 1 is 1.14 bits per heavy atom. The lowest BCUT2D eigenvalue weighted by Gasteiger charge is -2.42. The largest absolute Gasteiger partial charge is 0.416 e. The van der Waals surface area contributed by atoms with Crippen molar-refractivity contribution in [2.24, 2.45) is 5.92 Å². The fraction of sp³-hybridized carbons (Fsp3) is 0.381. The van der Waals surface area contributed by atoms with E-state index in [1.165, 1.54) is 5.56 Å². The zero-order valence-corrected chi connectivity index (χ0v) is 15.1. The first-order chi connectivity index (χ1) is 13.2. The lowest BCUT2D eigenvalue weighted by Crippen LogP contribution is -2.53. The summed E-state index contributed by atoms with van der Waals surface area (Å²) in [7, 11) is 0. The van der Waals surface area contributed by atoms with Crippen LogP contribution in [0.3, 0.4) is 0 Å². The number of nitrogens with one attached hydrogen (secondary N) is 1. The highest BCUT2D eigenvalue weighted by atomic mass is 19.4. The van der Waals surface area contributed by atoms with Gasteiger partial charge in [0.05, 0.1) is 5.56 Å². The smallest absolute Gasteiger partial charge is 0.350 e. The first kappa shape index (κ1) is 18.9. The van der Waals surface area contributed by atoms with Crippen molar-refractivity contribution in [2.75, 3.05) is 13.1 Å². The molecule has 1 aliphatic carbocycles. The Morgan fingerprint density at radius 3 is 2.54 bits per heavy atom. The van der Waals surface area contributed by atoms with E-state index in [2.05, 4.69) is 10.2 Å². The van der Waals surface area contributed by atoms with Crippen LogP contribution in [-0.2, 0) is 12.7 Å². The van der Waals surface area contributed by atoms with Gasteiger partial charge in [-0.25, -0.2) is 4.39 Å². The molecule has 3 nitrogen and oxygen atoms in total. The normalized spacial score (nSPS) is 24.1. The Balaban J connectivity index is 1.44. The molecule has 148 valence electrons. The summed E-state index contributed by atoms with van der Waals surface area (Å²) >= 11 is 0. The second-order valence-corrected chi connectivity index (χ2v) is 7.77. The molecule has 7 heteroatoms. The highest BCUT2D eigenvalue weighted by Crippen LogP contribution is 2.50. The van der Waals surface area contributed by atoms with Crippen molar-refractivity contribution >= 4 is 5.91 Å². The van der Waals surface area contributed by atoms with E-state index in [-0.39, 0.29) is 11.1 Å². The van der Waals surface area contributed by atoms with Crippen LogP contribution in [0, 0.1) is 11.7 Å². The van der Waals surface area contributed by atoms with E-state index in [1.54, 1.807) is 0 Å². The number of benzene rings is 2. The van der Waals surface area contributed by atoms with E-state index in [4.69, 9.17) is 0 Å². The van der Waals surface area contributed by atoms with Crippen LogP contribution in [0.15, 0.2) is 48.5 Å². The predicted molar refractivity (Wildman–Crippen MR) is 96.0 cm³/mol. The molecule has 2 aromatic rings. The average Bonchev–Trinajstić information content (AvgIpc) is 3.13. The van der Waals surface area contributed by atoms with E-state index in [9.17, 15) is 22.4 Å². The minimum Gasteiger partial charge on any atom is -0.350 e. The third-order valence-corrected chi connectivity index (χ3v) is 5.77. The van der Waals surface area contributed by atoms with Crippen LogP contribution in [0.2, 0.25) is 0 Å². The maximum atomic E-state index is 13.6. The Labute approximate surface area is 160 Å². The molecule has 1 N–H and O–H groups in total. The van der Waals surface area contributed by atoms with Crippen molar-refractivity contribution in [3.63, 3.8) is 0 Å². The van der Waals surface area contributed by atoms with Gasteiger partial charge in [-0.3, -0.25) is 9.69 Å². The SMILES string of the molecule is O=C(NCC12CC(CN1Cc1ccccc1)C2)c1cc(F)cc(C(F)(F)F)c1. The molecule has 0 atom stereocenters. The number of alkyl halides is 3. The summed E-state index contributed by atoms with van der Waals surface area (Å²) in [6, 6.07) is 11.9. The highest BCUT2D eigenvalue weighted by molar-refractivity contribution is 5.94. The third kappa shape index (κ3) is 3.63. The fourth-order valence-electron chi connectivity index (χ4n) is 4.43. The van der Waals surface area contributed by atoms with Crippen LogP contribution in [0.4, 0.5) is 17.6 Å². The number of nitrogens with zero attached hydrogens (tertiary/aromatic N) is 1. The summed E-state index contributed by atoms with van der Waals surface area (Å²) in [6.07, 6.45) is -2.79. The zero-order valence-electron chi connectivity index (χ0n) is 15.1. The molecule has 1 saturated carbocycles. The molecule has 0 radical (unpaired) electrons. The number of carbonyl (C=O) groups is 1. The van der Waals surface area contributed by atoms with Crippen LogP contribution in [0.25, 0.3) is 0 Å². The van der Waals surface area contributed by atoms with E-state index in [0.29, 0.717) is 24.6 Å². The number of rotatable bonds is 5.